The Labute approximate surface area is 53.5 Å². The number of hydrogen-bond acceptors (Lipinski definition) is 1. The maximum Gasteiger partial charge on any atom is 0.290 e. The molecule has 1 aliphatic carbocycles. The molecule has 48 valence electrons. The molecule has 0 saturated carbocycles. The number of aliphatic carboxylic acids is 1. The zero-order valence-corrected chi connectivity index (χ0v) is 4.82. The first-order chi connectivity index (χ1) is 4.30. The van der Waals surface area contributed by atoms with Crippen LogP contribution in [0.25, 0.3) is 0 Å². The minimum atomic E-state index is -0.796. The summed E-state index contributed by atoms with van der Waals surface area (Å²) in [6.45, 7) is 0. The third-order valence-corrected chi connectivity index (χ3v) is 1.14. The second-order valence-electron chi connectivity index (χ2n) is 1.83. The van der Waals surface area contributed by atoms with Gasteiger partial charge in [-0.25, -0.2) is 0 Å². The Kier molecular flexibility index (Phi) is 1.58. The van der Waals surface area contributed by atoms with Crippen LogP contribution in [0.15, 0.2) is 24.3 Å². The molecular formula is C7H7O2-. The quantitative estimate of drug-likeness (QED) is 0.528. The number of carboxylic acid groups (broad SMARTS) is 1. The van der Waals surface area contributed by atoms with Gasteiger partial charge in [0.05, 0.1) is 0 Å². The average molecular weight is 123 g/mol. The molecule has 2 nitrogen and oxygen atoms in total. The van der Waals surface area contributed by atoms with Crippen LogP contribution >= 0.6 is 0 Å². The number of hydrogen-bond donors (Lipinski definition) is 1. The van der Waals surface area contributed by atoms with Crippen LogP contribution in [0.2, 0.25) is 0 Å². The molecule has 1 rings (SSSR count). The van der Waals surface area contributed by atoms with Crippen molar-refractivity contribution < 1.29 is 9.90 Å². The molecule has 0 bridgehead atoms. The lowest BCUT2D eigenvalue weighted by atomic mass is 10.0. The first kappa shape index (κ1) is 5.95. The predicted molar refractivity (Wildman–Crippen MR) is 33.7 cm³/mol. The molecule has 0 amide bonds. The van der Waals surface area contributed by atoms with Gasteiger partial charge in [0.25, 0.3) is 5.97 Å². The predicted octanol–water partition coefficient (Wildman–Crippen LogP) is 1.02. The van der Waals surface area contributed by atoms with E-state index in [0.29, 0.717) is 0 Å². The van der Waals surface area contributed by atoms with E-state index in [2.05, 4.69) is 0 Å². The van der Waals surface area contributed by atoms with Crippen molar-refractivity contribution >= 4 is 5.97 Å². The third kappa shape index (κ3) is 1.35. The van der Waals surface area contributed by atoms with Crippen LogP contribution in [0, 0.1) is 12.3 Å². The second-order valence-corrected chi connectivity index (χ2v) is 1.83. The molecule has 1 aliphatic rings. The van der Waals surface area contributed by atoms with Crippen molar-refractivity contribution in [3.8, 4) is 0 Å². The normalized spacial score (nSPS) is 17.3. The van der Waals surface area contributed by atoms with Gasteiger partial charge in [0, 0.05) is 5.92 Å². The molecule has 0 unspecified atom stereocenters. The monoisotopic (exact) mass is 123 g/mol. The van der Waals surface area contributed by atoms with Crippen molar-refractivity contribution in [2.24, 2.45) is 5.92 Å². The standard InChI is InChI=1S/C7H7O2/c8-7(9)6-4-2-1-3-5-6/h1-6H,(H,8,9)/q-1. The first-order valence-corrected chi connectivity index (χ1v) is 2.72. The summed E-state index contributed by atoms with van der Waals surface area (Å²) in [6, 6.07) is 0. The molecule has 2 heteroatoms. The number of carboxylic acids is 1. The van der Waals surface area contributed by atoms with Crippen molar-refractivity contribution in [1.29, 1.82) is 0 Å². The zero-order valence-electron chi connectivity index (χ0n) is 4.82. The van der Waals surface area contributed by atoms with Crippen LogP contribution in [-0.4, -0.2) is 11.1 Å². The molecule has 0 aromatic heterocycles. The highest BCUT2D eigenvalue weighted by molar-refractivity contribution is 5.74. The lowest BCUT2D eigenvalue weighted by Crippen LogP contribution is -2.08. The Hall–Kier alpha value is -1.18. The summed E-state index contributed by atoms with van der Waals surface area (Å²) in [4.78, 5) is 10.2. The van der Waals surface area contributed by atoms with Crippen molar-refractivity contribution in [2.75, 3.05) is 0 Å². The molecular weight excluding hydrogens is 116 g/mol. The Morgan fingerprint density at radius 1 is 1.44 bits per heavy atom. The molecule has 0 saturated heterocycles. The second kappa shape index (κ2) is 2.40. The highest BCUT2D eigenvalue weighted by Crippen LogP contribution is 2.07. The molecule has 0 atom stereocenters. The van der Waals surface area contributed by atoms with Crippen LogP contribution in [0.5, 0.6) is 0 Å². The fourth-order valence-electron chi connectivity index (χ4n) is 0.661. The van der Waals surface area contributed by atoms with Gasteiger partial charge in [-0.1, -0.05) is 0 Å². The molecule has 0 aromatic carbocycles. The molecule has 0 heterocycles. The van der Waals surface area contributed by atoms with Crippen molar-refractivity contribution in [2.45, 2.75) is 0 Å². The van der Waals surface area contributed by atoms with Gasteiger partial charge in [-0.2, -0.15) is 30.7 Å². The van der Waals surface area contributed by atoms with Gasteiger partial charge in [0.1, 0.15) is 0 Å². The third-order valence-electron chi connectivity index (χ3n) is 1.14. The Balaban J connectivity index is 2.60. The Morgan fingerprint density at radius 3 is 2.33 bits per heavy atom. The van der Waals surface area contributed by atoms with E-state index in [-0.39, 0.29) is 0 Å². The van der Waals surface area contributed by atoms with Crippen LogP contribution < -0.4 is 0 Å². The maximum absolute atomic E-state index is 10.2. The SMILES string of the molecule is O=C(O)C1C=C[CH-]C=C1. The number of allylic oxidation sites excluding steroid dienone is 2. The topological polar surface area (TPSA) is 37.3 Å². The summed E-state index contributed by atoms with van der Waals surface area (Å²) in [6.07, 6.45) is 8.56. The van der Waals surface area contributed by atoms with E-state index in [1.165, 1.54) is 0 Å². The summed E-state index contributed by atoms with van der Waals surface area (Å²) in [5, 5.41) is 8.42. The smallest absolute Gasteiger partial charge is 0.290 e. The lowest BCUT2D eigenvalue weighted by Gasteiger charge is -2.11. The summed E-state index contributed by atoms with van der Waals surface area (Å²) in [7, 11) is 0. The van der Waals surface area contributed by atoms with Crippen LogP contribution in [0.4, 0.5) is 0 Å². The van der Waals surface area contributed by atoms with E-state index in [1.54, 1.807) is 30.7 Å². The minimum absolute atomic E-state index is 0.421. The van der Waals surface area contributed by atoms with E-state index in [4.69, 9.17) is 5.11 Å². The van der Waals surface area contributed by atoms with E-state index in [1.807, 2.05) is 0 Å². The van der Waals surface area contributed by atoms with Crippen molar-refractivity contribution in [3.05, 3.63) is 30.7 Å². The lowest BCUT2D eigenvalue weighted by molar-refractivity contribution is -0.138. The molecule has 0 aromatic rings. The minimum Gasteiger partial charge on any atom is -0.482 e. The van der Waals surface area contributed by atoms with E-state index in [0.717, 1.165) is 0 Å². The van der Waals surface area contributed by atoms with Gasteiger partial charge < -0.3 is 5.11 Å². The number of carbonyl (C=O) groups is 1. The van der Waals surface area contributed by atoms with Gasteiger partial charge in [-0.3, -0.25) is 4.79 Å². The van der Waals surface area contributed by atoms with Gasteiger partial charge in [-0.05, 0) is 0 Å². The highest BCUT2D eigenvalue weighted by Gasteiger charge is 2.02. The van der Waals surface area contributed by atoms with Crippen molar-refractivity contribution in [3.63, 3.8) is 0 Å². The van der Waals surface area contributed by atoms with Gasteiger partial charge in [0.2, 0.25) is 0 Å². The molecule has 0 fully saturated rings. The largest absolute Gasteiger partial charge is 0.482 e. The van der Waals surface area contributed by atoms with Crippen LogP contribution in [0.1, 0.15) is 0 Å². The average Bonchev–Trinajstić information content (AvgIpc) is 1.90. The first-order valence-electron chi connectivity index (χ1n) is 2.72. The van der Waals surface area contributed by atoms with Crippen LogP contribution in [0.3, 0.4) is 0 Å². The number of rotatable bonds is 1. The van der Waals surface area contributed by atoms with Crippen LogP contribution in [-0.2, 0) is 4.79 Å². The maximum atomic E-state index is 10.2. The summed E-state index contributed by atoms with van der Waals surface area (Å²) >= 11 is 0. The van der Waals surface area contributed by atoms with Gasteiger partial charge in [0.15, 0.2) is 0 Å². The van der Waals surface area contributed by atoms with Gasteiger partial charge >= 0.3 is 0 Å². The Bertz CT molecular complexity index is 156. The summed E-state index contributed by atoms with van der Waals surface area (Å²) in [5.74, 6) is -1.22. The van der Waals surface area contributed by atoms with E-state index >= 15 is 0 Å². The molecule has 0 aliphatic heterocycles. The van der Waals surface area contributed by atoms with E-state index < -0.39 is 11.9 Å². The summed E-state index contributed by atoms with van der Waals surface area (Å²) < 4.78 is 0. The fourth-order valence-corrected chi connectivity index (χ4v) is 0.661. The van der Waals surface area contributed by atoms with Crippen molar-refractivity contribution in [1.82, 2.24) is 0 Å². The molecule has 9 heavy (non-hydrogen) atoms. The molecule has 0 spiro atoms. The zero-order chi connectivity index (χ0) is 6.69. The van der Waals surface area contributed by atoms with Gasteiger partial charge in [-0.15, -0.1) is 0 Å². The highest BCUT2D eigenvalue weighted by atomic mass is 16.4. The Morgan fingerprint density at radius 2 is 2.00 bits per heavy atom. The fraction of sp³-hybridized carbons (Fsp3) is 0.143. The molecule has 1 N–H and O–H groups in total. The van der Waals surface area contributed by atoms with E-state index in [9.17, 15) is 4.79 Å². The molecule has 0 radical (unpaired) electrons. The summed E-state index contributed by atoms with van der Waals surface area (Å²) in [5.41, 5.74) is 0.